The molecule has 0 N–H and O–H groups in total. The lowest BCUT2D eigenvalue weighted by Crippen LogP contribution is -2.46. The first kappa shape index (κ1) is 26.8. The molecule has 3 aromatic rings. The number of hydrogen-bond donors (Lipinski definition) is 0. The van der Waals surface area contributed by atoms with Gasteiger partial charge in [-0.05, 0) is 53.6 Å². The molecule has 1 aliphatic heterocycles. The Morgan fingerprint density at radius 1 is 0.947 bits per heavy atom. The predicted octanol–water partition coefficient (Wildman–Crippen LogP) is 5.57. The van der Waals surface area contributed by atoms with Crippen LogP contribution in [0.2, 0.25) is 0 Å². The van der Waals surface area contributed by atoms with Crippen molar-refractivity contribution in [2.75, 3.05) is 19.1 Å². The zero-order chi connectivity index (χ0) is 27.2. The number of esters is 2. The molecule has 0 saturated carbocycles. The number of benzene rings is 3. The molecule has 0 radical (unpaired) electrons. The highest BCUT2D eigenvalue weighted by molar-refractivity contribution is 9.10. The zero-order valence-electron chi connectivity index (χ0n) is 20.4. The van der Waals surface area contributed by atoms with E-state index in [-0.39, 0.29) is 17.0 Å². The van der Waals surface area contributed by atoms with Gasteiger partial charge in [-0.15, -0.1) is 0 Å². The number of methoxy groups -OCH3 is 2. The van der Waals surface area contributed by atoms with Crippen LogP contribution in [-0.4, -0.2) is 37.3 Å². The Hall–Kier alpha value is -4.28. The topological polar surface area (TPSA) is 108 Å². The van der Waals surface area contributed by atoms with E-state index in [1.807, 2.05) is 36.4 Å². The quantitative estimate of drug-likeness (QED) is 0.203. The summed E-state index contributed by atoms with van der Waals surface area (Å²) in [6.07, 6.45) is 1.63. The lowest BCUT2D eigenvalue weighted by molar-refractivity contribution is -0.384. The molecule has 194 valence electrons. The number of hydrogen-bond acceptors (Lipinski definition) is 8. The number of non-ortho nitro benzene ring substituents is 1. The average molecular weight is 579 g/mol. The Balaban J connectivity index is 1.93. The minimum absolute atomic E-state index is 0.0643. The lowest BCUT2D eigenvalue weighted by Gasteiger charge is -2.41. The van der Waals surface area contributed by atoms with Crippen molar-refractivity contribution in [2.45, 2.75) is 12.3 Å². The molecule has 0 spiro atoms. The van der Waals surface area contributed by atoms with Crippen LogP contribution in [0.5, 0.6) is 0 Å². The van der Waals surface area contributed by atoms with Crippen molar-refractivity contribution in [3.8, 4) is 0 Å². The fourth-order valence-corrected chi connectivity index (χ4v) is 4.31. The second-order valence-corrected chi connectivity index (χ2v) is 9.03. The van der Waals surface area contributed by atoms with Crippen molar-refractivity contribution in [2.24, 2.45) is 0 Å². The molecular weight excluding hydrogens is 556 g/mol. The summed E-state index contributed by atoms with van der Waals surface area (Å²) in [7, 11) is 2.42. The summed E-state index contributed by atoms with van der Waals surface area (Å²) >= 11 is 3.42. The number of nitro benzene ring substituents is 1. The molecule has 0 fully saturated rings. The SMILES string of the molecule is COC(=O)C1=C(C(=O)OC)N(c2ccccc2)[C@H](/C=C/c2ccc(Br)cc2)O[C@H]1c1ccc([N+](=O)[O-])cc1. The minimum atomic E-state index is -1.09. The summed E-state index contributed by atoms with van der Waals surface area (Å²) in [4.78, 5) is 38.6. The first-order chi connectivity index (χ1) is 18.3. The van der Waals surface area contributed by atoms with Gasteiger partial charge in [-0.25, -0.2) is 9.59 Å². The van der Waals surface area contributed by atoms with Gasteiger partial charge in [0.05, 0.1) is 19.1 Å². The van der Waals surface area contributed by atoms with Gasteiger partial charge in [0.25, 0.3) is 5.69 Å². The monoisotopic (exact) mass is 578 g/mol. The summed E-state index contributed by atoms with van der Waals surface area (Å²) in [6.45, 7) is 0. The van der Waals surface area contributed by atoms with E-state index in [2.05, 4.69) is 15.9 Å². The van der Waals surface area contributed by atoms with Crippen molar-refractivity contribution in [3.05, 3.63) is 122 Å². The maximum absolute atomic E-state index is 13.3. The van der Waals surface area contributed by atoms with Gasteiger partial charge < -0.3 is 19.1 Å². The van der Waals surface area contributed by atoms with E-state index >= 15 is 0 Å². The van der Waals surface area contributed by atoms with Crippen LogP contribution in [0.1, 0.15) is 17.2 Å². The fraction of sp³-hybridized carbons (Fsp3) is 0.143. The summed E-state index contributed by atoms with van der Waals surface area (Å²) in [5.41, 5.74) is 1.59. The van der Waals surface area contributed by atoms with Gasteiger partial charge in [0.15, 0.2) is 6.23 Å². The van der Waals surface area contributed by atoms with Gasteiger partial charge in [0.1, 0.15) is 17.4 Å². The molecule has 0 amide bonds. The minimum Gasteiger partial charge on any atom is -0.466 e. The molecule has 3 aromatic carbocycles. The summed E-state index contributed by atoms with van der Waals surface area (Å²) in [6, 6.07) is 22.1. The van der Waals surface area contributed by atoms with Crippen LogP contribution in [-0.2, 0) is 23.8 Å². The second kappa shape index (κ2) is 11.8. The third kappa shape index (κ3) is 5.66. The van der Waals surface area contributed by atoms with Crippen LogP contribution in [0.25, 0.3) is 6.08 Å². The molecule has 9 nitrogen and oxygen atoms in total. The Bertz CT molecular complexity index is 1390. The van der Waals surface area contributed by atoms with Crippen LogP contribution in [0.4, 0.5) is 11.4 Å². The Morgan fingerprint density at radius 2 is 1.58 bits per heavy atom. The first-order valence-electron chi connectivity index (χ1n) is 11.4. The molecule has 0 aliphatic carbocycles. The third-order valence-electron chi connectivity index (χ3n) is 5.84. The van der Waals surface area contributed by atoms with Crippen molar-refractivity contribution in [3.63, 3.8) is 0 Å². The number of nitro groups is 1. The van der Waals surface area contributed by atoms with Crippen molar-refractivity contribution in [1.29, 1.82) is 0 Å². The molecule has 38 heavy (non-hydrogen) atoms. The molecule has 1 aliphatic rings. The van der Waals surface area contributed by atoms with Crippen molar-refractivity contribution >= 4 is 45.3 Å². The number of para-hydroxylation sites is 1. The van der Waals surface area contributed by atoms with Gasteiger partial charge in [-0.2, -0.15) is 0 Å². The van der Waals surface area contributed by atoms with Gasteiger partial charge in [-0.1, -0.05) is 52.3 Å². The van der Waals surface area contributed by atoms with E-state index in [1.165, 1.54) is 38.5 Å². The molecule has 10 heteroatoms. The number of ether oxygens (including phenoxy) is 3. The average Bonchev–Trinajstić information content (AvgIpc) is 2.95. The van der Waals surface area contributed by atoms with Crippen LogP contribution >= 0.6 is 15.9 Å². The predicted molar refractivity (Wildman–Crippen MR) is 144 cm³/mol. The summed E-state index contributed by atoms with van der Waals surface area (Å²) < 4.78 is 17.5. The number of rotatable bonds is 7. The molecule has 2 atom stereocenters. The van der Waals surface area contributed by atoms with Crippen LogP contribution in [0.3, 0.4) is 0 Å². The first-order valence-corrected chi connectivity index (χ1v) is 12.2. The number of anilines is 1. The van der Waals surface area contributed by atoms with Gasteiger partial charge in [-0.3, -0.25) is 10.1 Å². The highest BCUT2D eigenvalue weighted by atomic mass is 79.9. The molecule has 1 heterocycles. The Labute approximate surface area is 227 Å². The molecular formula is C28H23BrN2O7. The Kier molecular flexibility index (Phi) is 8.35. The number of halogens is 1. The highest BCUT2D eigenvalue weighted by Gasteiger charge is 2.43. The number of carbonyl (C=O) groups is 2. The van der Waals surface area contributed by atoms with E-state index in [9.17, 15) is 19.7 Å². The van der Waals surface area contributed by atoms with Crippen LogP contribution < -0.4 is 4.90 Å². The molecule has 0 saturated heterocycles. The zero-order valence-corrected chi connectivity index (χ0v) is 22.0. The van der Waals surface area contributed by atoms with E-state index in [4.69, 9.17) is 14.2 Å². The maximum atomic E-state index is 13.3. The number of carbonyl (C=O) groups excluding carboxylic acids is 2. The van der Waals surface area contributed by atoms with Crippen molar-refractivity contribution in [1.82, 2.24) is 0 Å². The van der Waals surface area contributed by atoms with E-state index in [0.29, 0.717) is 11.3 Å². The Morgan fingerprint density at radius 3 is 2.16 bits per heavy atom. The third-order valence-corrected chi connectivity index (χ3v) is 6.37. The van der Waals surface area contributed by atoms with Crippen LogP contribution in [0, 0.1) is 10.1 Å². The largest absolute Gasteiger partial charge is 0.466 e. The second-order valence-electron chi connectivity index (χ2n) is 8.12. The van der Waals surface area contributed by atoms with Crippen molar-refractivity contribution < 1.29 is 28.7 Å². The lowest BCUT2D eigenvalue weighted by atomic mass is 9.96. The summed E-state index contributed by atoms with van der Waals surface area (Å²) in [5, 5.41) is 11.2. The standard InChI is InChI=1S/C28H23BrN2O7/c1-36-27(32)24-25(28(33)37-2)30(21-6-4-3-5-7-21)23(17-10-18-8-13-20(29)14-9-18)38-26(24)19-11-15-22(16-12-19)31(34)35/h3-17,23,26H,1-2H3/b17-10+/t23-,26-/m0/s1. The fourth-order valence-electron chi connectivity index (χ4n) is 4.05. The van der Waals surface area contributed by atoms with E-state index in [0.717, 1.165) is 10.0 Å². The van der Waals surface area contributed by atoms with E-state index in [1.54, 1.807) is 35.2 Å². The molecule has 4 rings (SSSR count). The normalized spacial score (nSPS) is 17.4. The molecule has 0 unspecified atom stereocenters. The van der Waals surface area contributed by atoms with Gasteiger partial charge in [0.2, 0.25) is 0 Å². The summed E-state index contributed by atoms with van der Waals surface area (Å²) in [5.74, 6) is -1.57. The maximum Gasteiger partial charge on any atom is 0.355 e. The smallest absolute Gasteiger partial charge is 0.355 e. The van der Waals surface area contributed by atoms with E-state index < -0.39 is 29.2 Å². The van der Waals surface area contributed by atoms with Gasteiger partial charge in [0, 0.05) is 22.3 Å². The molecule has 0 bridgehead atoms. The van der Waals surface area contributed by atoms with Gasteiger partial charge >= 0.3 is 11.9 Å². The van der Waals surface area contributed by atoms with Crippen LogP contribution in [0.15, 0.2) is 101 Å². The highest BCUT2D eigenvalue weighted by Crippen LogP contribution is 2.41. The number of nitrogens with zero attached hydrogens (tertiary/aromatic N) is 2. The molecule has 0 aromatic heterocycles.